The van der Waals surface area contributed by atoms with Gasteiger partial charge in [0.25, 0.3) is 5.91 Å². The van der Waals surface area contributed by atoms with Crippen LogP contribution in [0.2, 0.25) is 5.02 Å². The van der Waals surface area contributed by atoms with E-state index in [1.54, 1.807) is 36.3 Å². The molecule has 32 heavy (non-hydrogen) atoms. The molecule has 0 aliphatic carbocycles. The molecule has 7 nitrogen and oxygen atoms in total. The molecule has 1 heterocycles. The van der Waals surface area contributed by atoms with Crippen LogP contribution in [0.4, 0.5) is 0 Å². The average molecular weight is 458 g/mol. The zero-order chi connectivity index (χ0) is 23.1. The van der Waals surface area contributed by atoms with Gasteiger partial charge in [-0.25, -0.2) is 0 Å². The molecule has 170 valence electrons. The van der Waals surface area contributed by atoms with E-state index in [2.05, 4.69) is 10.6 Å². The third kappa shape index (κ3) is 6.47. The van der Waals surface area contributed by atoms with Crippen LogP contribution < -0.4 is 15.4 Å². The Kier molecular flexibility index (Phi) is 8.11. The molecule has 1 unspecified atom stereocenters. The fraction of sp³-hybridized carbons (Fsp3) is 0.375. The Balaban J connectivity index is 1.55. The molecule has 2 aromatic rings. The highest BCUT2D eigenvalue weighted by molar-refractivity contribution is 6.30. The molecule has 0 spiro atoms. The van der Waals surface area contributed by atoms with Crippen molar-refractivity contribution in [3.05, 3.63) is 64.7 Å². The first kappa shape index (κ1) is 23.6. The number of nitrogens with zero attached hydrogens (tertiary/aromatic N) is 1. The number of hydrogen-bond donors (Lipinski definition) is 2. The van der Waals surface area contributed by atoms with E-state index < -0.39 is 6.04 Å². The smallest absolute Gasteiger partial charge is 0.253 e. The molecule has 2 N–H and O–H groups in total. The van der Waals surface area contributed by atoms with Gasteiger partial charge in [-0.15, -0.1) is 0 Å². The highest BCUT2D eigenvalue weighted by atomic mass is 35.5. The first-order valence-electron chi connectivity index (χ1n) is 10.6. The minimum atomic E-state index is -0.672. The summed E-state index contributed by atoms with van der Waals surface area (Å²) in [4.78, 5) is 39.0. The van der Waals surface area contributed by atoms with Crippen LogP contribution in [0.3, 0.4) is 0 Å². The Morgan fingerprint density at radius 1 is 1.06 bits per heavy atom. The lowest BCUT2D eigenvalue weighted by Gasteiger charge is -2.33. The van der Waals surface area contributed by atoms with Gasteiger partial charge in [0.05, 0.1) is 7.11 Å². The zero-order valence-corrected chi connectivity index (χ0v) is 19.0. The Hall–Kier alpha value is -3.06. The summed E-state index contributed by atoms with van der Waals surface area (Å²) in [6.45, 7) is 2.50. The van der Waals surface area contributed by atoms with Crippen molar-refractivity contribution in [1.29, 1.82) is 0 Å². The maximum absolute atomic E-state index is 12.9. The van der Waals surface area contributed by atoms with Gasteiger partial charge in [0.2, 0.25) is 11.8 Å². The number of halogens is 1. The lowest BCUT2D eigenvalue weighted by Crippen LogP contribution is -2.53. The molecule has 1 saturated heterocycles. The number of carbonyl (C=O) groups excluding carboxylic acids is 3. The number of carbonyl (C=O) groups is 3. The molecular weight excluding hydrogens is 430 g/mol. The molecule has 1 atom stereocenters. The molecule has 3 amide bonds. The fourth-order valence-electron chi connectivity index (χ4n) is 3.76. The van der Waals surface area contributed by atoms with E-state index in [4.69, 9.17) is 16.3 Å². The van der Waals surface area contributed by atoms with Gasteiger partial charge in [0.15, 0.2) is 0 Å². The first-order chi connectivity index (χ1) is 15.4. The van der Waals surface area contributed by atoms with Crippen LogP contribution in [0.1, 0.15) is 35.7 Å². The van der Waals surface area contributed by atoms with Crippen molar-refractivity contribution in [3.8, 4) is 5.75 Å². The van der Waals surface area contributed by atoms with E-state index in [-0.39, 0.29) is 23.8 Å². The van der Waals surface area contributed by atoms with E-state index in [9.17, 15) is 14.4 Å². The van der Waals surface area contributed by atoms with Crippen molar-refractivity contribution < 1.29 is 19.1 Å². The van der Waals surface area contributed by atoms with Crippen molar-refractivity contribution in [2.45, 2.75) is 38.3 Å². The molecule has 8 heteroatoms. The van der Waals surface area contributed by atoms with E-state index in [1.165, 1.54) is 6.92 Å². The predicted octanol–water partition coefficient (Wildman–Crippen LogP) is 2.82. The lowest BCUT2D eigenvalue weighted by molar-refractivity contribution is -0.128. The zero-order valence-electron chi connectivity index (χ0n) is 18.3. The molecule has 1 fully saturated rings. The summed E-state index contributed by atoms with van der Waals surface area (Å²) in [6, 6.07) is 13.5. The van der Waals surface area contributed by atoms with Crippen molar-refractivity contribution in [2.75, 3.05) is 20.2 Å². The van der Waals surface area contributed by atoms with Gasteiger partial charge >= 0.3 is 0 Å². The van der Waals surface area contributed by atoms with Crippen LogP contribution in [0.5, 0.6) is 5.75 Å². The van der Waals surface area contributed by atoms with E-state index in [0.29, 0.717) is 42.9 Å². The topological polar surface area (TPSA) is 87.7 Å². The van der Waals surface area contributed by atoms with Crippen LogP contribution in [-0.2, 0) is 16.0 Å². The van der Waals surface area contributed by atoms with Gasteiger partial charge in [0, 0.05) is 43.1 Å². The molecule has 1 aliphatic heterocycles. The Bertz CT molecular complexity index is 939. The van der Waals surface area contributed by atoms with Crippen LogP contribution in [0.25, 0.3) is 0 Å². The summed E-state index contributed by atoms with van der Waals surface area (Å²) >= 11 is 5.89. The maximum atomic E-state index is 12.9. The van der Waals surface area contributed by atoms with Gasteiger partial charge in [-0.2, -0.15) is 0 Å². The molecule has 0 saturated carbocycles. The highest BCUT2D eigenvalue weighted by Gasteiger charge is 2.27. The fourth-order valence-corrected chi connectivity index (χ4v) is 3.88. The Morgan fingerprint density at radius 3 is 2.25 bits per heavy atom. The second-order valence-electron chi connectivity index (χ2n) is 7.89. The number of methoxy groups -OCH3 is 1. The molecule has 0 aromatic heterocycles. The van der Waals surface area contributed by atoms with Crippen LogP contribution in [0.15, 0.2) is 48.5 Å². The molecule has 0 radical (unpaired) electrons. The van der Waals surface area contributed by atoms with E-state index in [0.717, 1.165) is 11.3 Å². The SMILES string of the molecule is COc1ccc(CC(NC(C)=O)C(=O)NC2CCN(C(=O)c3ccc(Cl)cc3)CC2)cc1. The van der Waals surface area contributed by atoms with E-state index in [1.807, 2.05) is 24.3 Å². The van der Waals surface area contributed by atoms with Gasteiger partial charge in [-0.1, -0.05) is 23.7 Å². The largest absolute Gasteiger partial charge is 0.497 e. The number of ether oxygens (including phenoxy) is 1. The maximum Gasteiger partial charge on any atom is 0.253 e. The number of rotatable bonds is 7. The van der Waals surface area contributed by atoms with Gasteiger partial charge in [0.1, 0.15) is 11.8 Å². The summed E-state index contributed by atoms with van der Waals surface area (Å²) in [5.74, 6) is 0.205. The summed E-state index contributed by atoms with van der Waals surface area (Å²) in [6.07, 6.45) is 1.68. The van der Waals surface area contributed by atoms with Crippen molar-refractivity contribution >= 4 is 29.3 Å². The molecule has 1 aliphatic rings. The minimum Gasteiger partial charge on any atom is -0.497 e. The second-order valence-corrected chi connectivity index (χ2v) is 8.32. The number of likely N-dealkylation sites (tertiary alicyclic amines) is 1. The third-order valence-electron chi connectivity index (χ3n) is 5.51. The van der Waals surface area contributed by atoms with Gasteiger partial charge in [-0.05, 0) is 54.8 Å². The highest BCUT2D eigenvalue weighted by Crippen LogP contribution is 2.17. The number of amides is 3. The Labute approximate surface area is 193 Å². The number of piperidine rings is 1. The number of benzene rings is 2. The molecule has 0 bridgehead atoms. The number of nitrogens with one attached hydrogen (secondary N) is 2. The molecular formula is C24H28ClN3O4. The van der Waals surface area contributed by atoms with Crippen LogP contribution in [-0.4, -0.2) is 54.9 Å². The number of hydrogen-bond acceptors (Lipinski definition) is 4. The Morgan fingerprint density at radius 2 is 1.69 bits per heavy atom. The summed E-state index contributed by atoms with van der Waals surface area (Å²) in [5.41, 5.74) is 1.52. The summed E-state index contributed by atoms with van der Waals surface area (Å²) in [7, 11) is 1.59. The average Bonchev–Trinajstić information content (AvgIpc) is 2.79. The first-order valence-corrected chi connectivity index (χ1v) is 11.0. The standard InChI is InChI=1S/C24H28ClN3O4/c1-16(29)26-22(15-17-3-9-21(32-2)10-4-17)23(30)27-20-11-13-28(14-12-20)24(31)18-5-7-19(25)8-6-18/h3-10,20,22H,11-15H2,1-2H3,(H,26,29)(H,27,30). The molecule has 2 aromatic carbocycles. The van der Waals surface area contributed by atoms with Gasteiger partial charge in [-0.3, -0.25) is 14.4 Å². The van der Waals surface area contributed by atoms with Crippen LogP contribution >= 0.6 is 11.6 Å². The van der Waals surface area contributed by atoms with E-state index >= 15 is 0 Å². The van der Waals surface area contributed by atoms with Gasteiger partial charge < -0.3 is 20.3 Å². The normalized spacial score (nSPS) is 15.0. The quantitative estimate of drug-likeness (QED) is 0.669. The third-order valence-corrected chi connectivity index (χ3v) is 5.76. The van der Waals surface area contributed by atoms with Crippen molar-refractivity contribution in [1.82, 2.24) is 15.5 Å². The molecule has 3 rings (SSSR count). The van der Waals surface area contributed by atoms with Crippen LogP contribution in [0, 0.1) is 0 Å². The lowest BCUT2D eigenvalue weighted by atomic mass is 10.0. The van der Waals surface area contributed by atoms with Crippen molar-refractivity contribution in [3.63, 3.8) is 0 Å². The second kappa shape index (κ2) is 11.0. The minimum absolute atomic E-state index is 0.0397. The summed E-state index contributed by atoms with van der Waals surface area (Å²) in [5, 5.41) is 6.37. The van der Waals surface area contributed by atoms with Crippen molar-refractivity contribution in [2.24, 2.45) is 0 Å². The predicted molar refractivity (Wildman–Crippen MR) is 123 cm³/mol. The monoisotopic (exact) mass is 457 g/mol. The summed E-state index contributed by atoms with van der Waals surface area (Å²) < 4.78 is 5.16.